The fraction of sp³-hybridized carbons (Fsp3) is 0.250. The summed E-state index contributed by atoms with van der Waals surface area (Å²) in [6.45, 7) is 3.74. The Hall–Kier alpha value is -2.61. The van der Waals surface area contributed by atoms with Crippen molar-refractivity contribution < 1.29 is 18.1 Å². The first kappa shape index (κ1) is 17.7. The largest absolute Gasteiger partial charge is 0.495 e. The molecule has 2 aromatic rings. The second-order valence-corrected chi connectivity index (χ2v) is 6.81. The minimum Gasteiger partial charge on any atom is -0.495 e. The second kappa shape index (κ2) is 6.88. The number of nitrogens with zero attached hydrogens (tertiary/aromatic N) is 1. The molecule has 8 heteroatoms. The number of aryl methyl sites for hydroxylation is 2. The van der Waals surface area contributed by atoms with Crippen LogP contribution in [0.4, 0.5) is 11.4 Å². The minimum absolute atomic E-state index is 0.0802. The maximum atomic E-state index is 12.7. The summed E-state index contributed by atoms with van der Waals surface area (Å²) in [5.41, 5.74) is 1.93. The van der Waals surface area contributed by atoms with Crippen molar-refractivity contribution in [3.63, 3.8) is 0 Å². The highest BCUT2D eigenvalue weighted by molar-refractivity contribution is 7.92. The van der Waals surface area contributed by atoms with Crippen molar-refractivity contribution in [2.24, 2.45) is 0 Å². The monoisotopic (exact) mass is 350 g/mol. The molecule has 0 heterocycles. The first-order chi connectivity index (χ1) is 11.3. The molecular formula is C16H18N2O5S. The highest BCUT2D eigenvalue weighted by Crippen LogP contribution is 2.31. The molecule has 7 nitrogen and oxygen atoms in total. The quantitative estimate of drug-likeness (QED) is 0.637. The number of hydrogen-bond donors (Lipinski definition) is 1. The third-order valence-corrected chi connectivity index (χ3v) is 5.01. The van der Waals surface area contributed by atoms with Crippen molar-refractivity contribution in [1.82, 2.24) is 0 Å². The molecule has 0 amide bonds. The van der Waals surface area contributed by atoms with E-state index in [9.17, 15) is 18.5 Å². The molecule has 1 N–H and O–H groups in total. The van der Waals surface area contributed by atoms with Gasteiger partial charge in [0.1, 0.15) is 10.6 Å². The van der Waals surface area contributed by atoms with Crippen molar-refractivity contribution in [3.8, 4) is 5.75 Å². The van der Waals surface area contributed by atoms with E-state index in [4.69, 9.17) is 4.74 Å². The Morgan fingerprint density at radius 3 is 2.54 bits per heavy atom. The molecule has 0 aromatic heterocycles. The zero-order chi connectivity index (χ0) is 17.9. The summed E-state index contributed by atoms with van der Waals surface area (Å²) in [6.07, 6.45) is 0.664. The molecule has 0 saturated carbocycles. The molecule has 0 fully saturated rings. The lowest BCUT2D eigenvalue weighted by atomic mass is 10.1. The number of sulfonamides is 1. The van der Waals surface area contributed by atoms with Crippen molar-refractivity contribution in [1.29, 1.82) is 0 Å². The first-order valence-electron chi connectivity index (χ1n) is 7.24. The number of rotatable bonds is 6. The SMILES string of the molecule is CCc1cccc(C)c1NS(=O)(=O)c1ccc([N+](=O)[O-])cc1OC. The third-order valence-electron chi connectivity index (χ3n) is 3.62. The Bertz CT molecular complexity index is 878. The normalized spacial score (nSPS) is 11.1. The number of nitro benzene ring substituents is 1. The Morgan fingerprint density at radius 2 is 1.96 bits per heavy atom. The first-order valence-corrected chi connectivity index (χ1v) is 8.72. The van der Waals surface area contributed by atoms with Gasteiger partial charge in [-0.3, -0.25) is 14.8 Å². The van der Waals surface area contributed by atoms with Gasteiger partial charge >= 0.3 is 0 Å². The summed E-state index contributed by atoms with van der Waals surface area (Å²) >= 11 is 0. The van der Waals surface area contributed by atoms with E-state index in [1.54, 1.807) is 0 Å². The molecule has 0 unspecified atom stereocenters. The highest BCUT2D eigenvalue weighted by Gasteiger charge is 2.23. The van der Waals surface area contributed by atoms with Crippen molar-refractivity contribution in [2.45, 2.75) is 25.2 Å². The van der Waals surface area contributed by atoms with Crippen LogP contribution in [0.1, 0.15) is 18.1 Å². The van der Waals surface area contributed by atoms with Crippen LogP contribution < -0.4 is 9.46 Å². The van der Waals surface area contributed by atoms with Gasteiger partial charge < -0.3 is 4.74 Å². The molecular weight excluding hydrogens is 332 g/mol. The average Bonchev–Trinajstić information content (AvgIpc) is 2.55. The van der Waals surface area contributed by atoms with Crippen LogP contribution >= 0.6 is 0 Å². The fourth-order valence-electron chi connectivity index (χ4n) is 2.35. The fourth-order valence-corrected chi connectivity index (χ4v) is 3.68. The van der Waals surface area contributed by atoms with Crippen LogP contribution in [-0.4, -0.2) is 20.5 Å². The minimum atomic E-state index is -3.95. The highest BCUT2D eigenvalue weighted by atomic mass is 32.2. The maximum absolute atomic E-state index is 12.7. The molecule has 128 valence electrons. The Labute approximate surface area is 140 Å². The van der Waals surface area contributed by atoms with Crippen LogP contribution in [0.25, 0.3) is 0 Å². The predicted octanol–water partition coefficient (Wildman–Crippen LogP) is 3.28. The average molecular weight is 350 g/mol. The molecule has 2 aromatic carbocycles. The number of nitro groups is 1. The summed E-state index contributed by atoms with van der Waals surface area (Å²) in [4.78, 5) is 10.1. The Kier molecular flexibility index (Phi) is 5.08. The number of methoxy groups -OCH3 is 1. The van der Waals surface area contributed by atoms with Gasteiger partial charge in [0.2, 0.25) is 0 Å². The van der Waals surface area contributed by atoms with E-state index in [0.717, 1.165) is 23.3 Å². The predicted molar refractivity (Wildman–Crippen MR) is 91.0 cm³/mol. The van der Waals surface area contributed by atoms with Crippen molar-refractivity contribution in [2.75, 3.05) is 11.8 Å². The van der Waals surface area contributed by atoms with Gasteiger partial charge in [-0.2, -0.15) is 0 Å². The lowest BCUT2D eigenvalue weighted by Crippen LogP contribution is -2.16. The van der Waals surface area contributed by atoms with Crippen LogP contribution in [0, 0.1) is 17.0 Å². The Balaban J connectivity index is 2.51. The molecule has 0 saturated heterocycles. The van der Waals surface area contributed by atoms with E-state index in [2.05, 4.69) is 4.72 Å². The number of anilines is 1. The summed E-state index contributed by atoms with van der Waals surface area (Å²) in [6, 6.07) is 8.91. The van der Waals surface area contributed by atoms with E-state index >= 15 is 0 Å². The van der Waals surface area contributed by atoms with Gasteiger partial charge in [-0.15, -0.1) is 0 Å². The molecule has 0 bridgehead atoms. The number of benzene rings is 2. The number of ether oxygens (including phenoxy) is 1. The molecule has 0 spiro atoms. The number of nitrogens with one attached hydrogen (secondary N) is 1. The molecule has 24 heavy (non-hydrogen) atoms. The number of para-hydroxylation sites is 1. The van der Waals surface area contributed by atoms with E-state index in [1.807, 2.05) is 32.0 Å². The topological polar surface area (TPSA) is 98.5 Å². The van der Waals surface area contributed by atoms with Crippen molar-refractivity contribution in [3.05, 3.63) is 57.6 Å². The van der Waals surface area contributed by atoms with Gasteiger partial charge in [0.25, 0.3) is 15.7 Å². The van der Waals surface area contributed by atoms with E-state index < -0.39 is 14.9 Å². The van der Waals surface area contributed by atoms with Gasteiger partial charge in [0, 0.05) is 6.07 Å². The maximum Gasteiger partial charge on any atom is 0.273 e. The zero-order valence-corrected chi connectivity index (χ0v) is 14.4. The van der Waals surface area contributed by atoms with Gasteiger partial charge in [0.15, 0.2) is 0 Å². The lowest BCUT2D eigenvalue weighted by molar-refractivity contribution is -0.385. The van der Waals surface area contributed by atoms with E-state index in [0.29, 0.717) is 12.1 Å². The van der Waals surface area contributed by atoms with E-state index in [1.165, 1.54) is 13.2 Å². The van der Waals surface area contributed by atoms with Crippen LogP contribution in [0.2, 0.25) is 0 Å². The second-order valence-electron chi connectivity index (χ2n) is 5.16. The summed E-state index contributed by atoms with van der Waals surface area (Å²) < 4.78 is 33.0. The summed E-state index contributed by atoms with van der Waals surface area (Å²) in [5, 5.41) is 10.8. The molecule has 2 rings (SSSR count). The van der Waals surface area contributed by atoms with Gasteiger partial charge in [-0.05, 0) is 30.5 Å². The summed E-state index contributed by atoms with van der Waals surface area (Å²) in [7, 11) is -2.68. The molecule has 0 aliphatic carbocycles. The smallest absolute Gasteiger partial charge is 0.273 e. The van der Waals surface area contributed by atoms with Crippen LogP contribution in [0.15, 0.2) is 41.3 Å². The van der Waals surface area contributed by atoms with Crippen LogP contribution in [0.3, 0.4) is 0 Å². The molecule has 0 aliphatic rings. The Morgan fingerprint density at radius 1 is 1.25 bits per heavy atom. The number of non-ortho nitro benzene ring substituents is 1. The lowest BCUT2D eigenvalue weighted by Gasteiger charge is -2.15. The number of hydrogen-bond acceptors (Lipinski definition) is 5. The molecule has 0 atom stereocenters. The standard InChI is InChI=1S/C16H18N2O5S/c1-4-12-7-5-6-11(2)16(12)17-24(21,22)15-9-8-13(18(19)20)10-14(15)23-3/h5-10,17H,4H2,1-3H3. The molecule has 0 aliphatic heterocycles. The van der Waals surface area contributed by atoms with Crippen LogP contribution in [0.5, 0.6) is 5.75 Å². The van der Waals surface area contributed by atoms with E-state index in [-0.39, 0.29) is 16.3 Å². The van der Waals surface area contributed by atoms with Gasteiger partial charge in [0.05, 0.1) is 23.8 Å². The van der Waals surface area contributed by atoms with Crippen LogP contribution in [-0.2, 0) is 16.4 Å². The summed E-state index contributed by atoms with van der Waals surface area (Å²) in [5.74, 6) is -0.0802. The van der Waals surface area contributed by atoms with Gasteiger partial charge in [-0.1, -0.05) is 25.1 Å². The van der Waals surface area contributed by atoms with Crippen molar-refractivity contribution >= 4 is 21.4 Å². The molecule has 0 radical (unpaired) electrons. The third kappa shape index (κ3) is 3.48. The zero-order valence-electron chi connectivity index (χ0n) is 13.6. The van der Waals surface area contributed by atoms with Gasteiger partial charge in [-0.25, -0.2) is 8.42 Å².